The number of rotatable bonds is 5. The molecule has 2 rings (SSSR count). The molecule has 0 aliphatic heterocycles. The lowest BCUT2D eigenvalue weighted by molar-refractivity contribution is -0.121. The van der Waals surface area contributed by atoms with E-state index in [2.05, 4.69) is 36.7 Å². The van der Waals surface area contributed by atoms with E-state index in [4.69, 9.17) is 0 Å². The molecule has 0 spiro atoms. The van der Waals surface area contributed by atoms with E-state index in [1.54, 1.807) is 12.1 Å². The first kappa shape index (κ1) is 16.6. The van der Waals surface area contributed by atoms with E-state index < -0.39 is 17.2 Å². The van der Waals surface area contributed by atoms with Crippen molar-refractivity contribution >= 4 is 28.1 Å². The van der Waals surface area contributed by atoms with Crippen LogP contribution < -0.4 is 16.7 Å². The van der Waals surface area contributed by atoms with E-state index in [0.717, 1.165) is 4.47 Å². The molecule has 0 aliphatic rings. The first-order valence-corrected chi connectivity index (χ1v) is 7.23. The van der Waals surface area contributed by atoms with Crippen LogP contribution in [0.25, 0.3) is 0 Å². The number of amides is 1. The standard InChI is InChI=1S/C13H12BrN5O4/c14-8-1-3-10(20)7(5-8)6-15-18-11(21)4-2-9-12(22)16-13(23)19-17-9/h1,3,5-6,20H,2,4H2,(H,18,21)(H2,16,19,22,23). The molecule has 120 valence electrons. The van der Waals surface area contributed by atoms with Crippen molar-refractivity contribution < 1.29 is 9.90 Å². The Kier molecular flexibility index (Phi) is 5.41. The van der Waals surface area contributed by atoms with Crippen LogP contribution >= 0.6 is 15.9 Å². The zero-order valence-corrected chi connectivity index (χ0v) is 13.3. The predicted molar refractivity (Wildman–Crippen MR) is 85.3 cm³/mol. The van der Waals surface area contributed by atoms with Gasteiger partial charge in [-0.1, -0.05) is 15.9 Å². The third-order valence-corrected chi connectivity index (χ3v) is 3.25. The molecule has 0 saturated heterocycles. The first-order chi connectivity index (χ1) is 11.0. The summed E-state index contributed by atoms with van der Waals surface area (Å²) >= 11 is 3.25. The summed E-state index contributed by atoms with van der Waals surface area (Å²) in [6.07, 6.45) is 1.31. The summed E-state index contributed by atoms with van der Waals surface area (Å²) in [5.74, 6) is -0.418. The van der Waals surface area contributed by atoms with Crippen molar-refractivity contribution in [1.29, 1.82) is 0 Å². The van der Waals surface area contributed by atoms with Gasteiger partial charge in [-0.2, -0.15) is 10.2 Å². The van der Waals surface area contributed by atoms with Crippen LogP contribution in [0, 0.1) is 0 Å². The fraction of sp³-hybridized carbons (Fsp3) is 0.154. The molecule has 0 atom stereocenters. The van der Waals surface area contributed by atoms with Gasteiger partial charge in [0.1, 0.15) is 11.4 Å². The molecule has 0 saturated carbocycles. The van der Waals surface area contributed by atoms with E-state index in [1.807, 2.05) is 4.98 Å². The molecule has 23 heavy (non-hydrogen) atoms. The molecule has 4 N–H and O–H groups in total. The number of phenolic OH excluding ortho intramolecular Hbond substituents is 1. The SMILES string of the molecule is O=C(CCc1n[nH]c(=O)[nH]c1=O)NN=Cc1cc(Br)ccc1O. The number of hydrogen-bond donors (Lipinski definition) is 4. The van der Waals surface area contributed by atoms with E-state index in [9.17, 15) is 19.5 Å². The van der Waals surface area contributed by atoms with Crippen LogP contribution in [0.3, 0.4) is 0 Å². The lowest BCUT2D eigenvalue weighted by atomic mass is 10.2. The van der Waals surface area contributed by atoms with Gasteiger partial charge in [0.05, 0.1) is 6.21 Å². The van der Waals surface area contributed by atoms with Crippen molar-refractivity contribution in [3.05, 3.63) is 54.8 Å². The molecule has 0 fully saturated rings. The number of carbonyl (C=O) groups is 1. The van der Waals surface area contributed by atoms with Gasteiger partial charge in [-0.25, -0.2) is 15.3 Å². The number of halogens is 1. The van der Waals surface area contributed by atoms with Gasteiger partial charge in [-0.05, 0) is 18.2 Å². The minimum Gasteiger partial charge on any atom is -0.507 e. The van der Waals surface area contributed by atoms with Crippen molar-refractivity contribution in [1.82, 2.24) is 20.6 Å². The van der Waals surface area contributed by atoms with Crippen LogP contribution in [0.2, 0.25) is 0 Å². The lowest BCUT2D eigenvalue weighted by Gasteiger charge is -2.01. The van der Waals surface area contributed by atoms with Gasteiger partial charge < -0.3 is 5.11 Å². The number of hydrogen-bond acceptors (Lipinski definition) is 6. The highest BCUT2D eigenvalue weighted by molar-refractivity contribution is 9.10. The zero-order valence-electron chi connectivity index (χ0n) is 11.7. The first-order valence-electron chi connectivity index (χ1n) is 6.44. The second-order valence-corrected chi connectivity index (χ2v) is 5.37. The summed E-state index contributed by atoms with van der Waals surface area (Å²) in [5, 5.41) is 19.0. The molecule has 1 heterocycles. The second-order valence-electron chi connectivity index (χ2n) is 4.45. The molecule has 1 aromatic heterocycles. The van der Waals surface area contributed by atoms with Crippen LogP contribution in [0.4, 0.5) is 0 Å². The molecule has 2 aromatic rings. The largest absolute Gasteiger partial charge is 0.507 e. The van der Waals surface area contributed by atoms with Crippen molar-refractivity contribution in [3.8, 4) is 5.75 Å². The quantitative estimate of drug-likeness (QED) is 0.426. The fourth-order valence-corrected chi connectivity index (χ4v) is 2.01. The monoisotopic (exact) mass is 381 g/mol. The molecule has 0 aliphatic carbocycles. The van der Waals surface area contributed by atoms with E-state index in [0.29, 0.717) is 5.56 Å². The number of nitrogens with zero attached hydrogens (tertiary/aromatic N) is 2. The molecule has 0 bridgehead atoms. The predicted octanol–water partition coefficient (Wildman–Crippen LogP) is 0.00920. The number of carbonyl (C=O) groups excluding carboxylic acids is 1. The molecule has 1 aromatic carbocycles. The van der Waals surface area contributed by atoms with Crippen LogP contribution in [-0.4, -0.2) is 32.4 Å². The zero-order chi connectivity index (χ0) is 16.8. The van der Waals surface area contributed by atoms with Crippen LogP contribution in [0.5, 0.6) is 5.75 Å². The summed E-state index contributed by atoms with van der Waals surface area (Å²) in [6.45, 7) is 0. The Morgan fingerprint density at radius 2 is 2.22 bits per heavy atom. The summed E-state index contributed by atoms with van der Waals surface area (Å²) in [4.78, 5) is 35.8. The fourth-order valence-electron chi connectivity index (χ4n) is 1.63. The molecular weight excluding hydrogens is 370 g/mol. The average Bonchev–Trinajstić information content (AvgIpc) is 2.50. The van der Waals surface area contributed by atoms with E-state index >= 15 is 0 Å². The molecule has 0 unspecified atom stereocenters. The summed E-state index contributed by atoms with van der Waals surface area (Å²) in [6, 6.07) is 4.79. The maximum Gasteiger partial charge on any atom is 0.342 e. The maximum absolute atomic E-state index is 11.6. The molecular formula is C13H12BrN5O4. The van der Waals surface area contributed by atoms with Crippen molar-refractivity contribution in [2.24, 2.45) is 5.10 Å². The van der Waals surface area contributed by atoms with E-state index in [-0.39, 0.29) is 24.3 Å². The van der Waals surface area contributed by atoms with Crippen molar-refractivity contribution in [3.63, 3.8) is 0 Å². The summed E-state index contributed by atoms with van der Waals surface area (Å²) in [7, 11) is 0. The van der Waals surface area contributed by atoms with E-state index in [1.165, 1.54) is 12.3 Å². The van der Waals surface area contributed by atoms with Crippen LogP contribution in [0.15, 0.2) is 37.4 Å². The third kappa shape index (κ3) is 4.88. The van der Waals surface area contributed by atoms with Crippen molar-refractivity contribution in [2.45, 2.75) is 12.8 Å². The highest BCUT2D eigenvalue weighted by Gasteiger charge is 2.06. The Hall–Kier alpha value is -2.75. The van der Waals surface area contributed by atoms with Crippen LogP contribution in [0.1, 0.15) is 17.7 Å². The molecule has 1 amide bonds. The molecule has 9 nitrogen and oxygen atoms in total. The minimum absolute atomic E-state index is 0.0233. The number of aromatic hydroxyl groups is 1. The highest BCUT2D eigenvalue weighted by atomic mass is 79.9. The number of aryl methyl sites for hydroxylation is 1. The Labute approximate surface area is 137 Å². The number of benzene rings is 1. The summed E-state index contributed by atoms with van der Waals surface area (Å²) < 4.78 is 0.756. The molecule has 10 heteroatoms. The number of hydrazone groups is 1. The molecule has 0 radical (unpaired) electrons. The Morgan fingerprint density at radius 1 is 1.43 bits per heavy atom. The summed E-state index contributed by atoms with van der Waals surface area (Å²) in [5.41, 5.74) is 1.41. The van der Waals surface area contributed by atoms with Gasteiger partial charge >= 0.3 is 5.69 Å². The van der Waals surface area contributed by atoms with Gasteiger partial charge in [0.25, 0.3) is 5.56 Å². The van der Waals surface area contributed by atoms with Gasteiger partial charge in [0, 0.05) is 22.9 Å². The number of nitrogens with one attached hydrogen (secondary N) is 3. The number of aromatic nitrogens is 3. The number of phenols is 1. The number of H-pyrrole nitrogens is 2. The van der Waals surface area contributed by atoms with Crippen molar-refractivity contribution in [2.75, 3.05) is 0 Å². The lowest BCUT2D eigenvalue weighted by Crippen LogP contribution is -2.28. The van der Waals surface area contributed by atoms with Gasteiger partial charge in [0.2, 0.25) is 5.91 Å². The third-order valence-electron chi connectivity index (χ3n) is 2.75. The second kappa shape index (κ2) is 7.49. The maximum atomic E-state index is 11.6. The average molecular weight is 382 g/mol. The van der Waals surface area contributed by atoms with Gasteiger partial charge in [-0.15, -0.1) is 0 Å². The topological polar surface area (TPSA) is 140 Å². The highest BCUT2D eigenvalue weighted by Crippen LogP contribution is 2.19. The van der Waals surface area contributed by atoms with Gasteiger partial charge in [0.15, 0.2) is 0 Å². The Balaban J connectivity index is 1.90. The Bertz CT molecular complexity index is 858. The smallest absolute Gasteiger partial charge is 0.342 e. The normalized spacial score (nSPS) is 10.8. The minimum atomic E-state index is -0.707. The Morgan fingerprint density at radius 3 is 2.96 bits per heavy atom. The van der Waals surface area contributed by atoms with Crippen LogP contribution in [-0.2, 0) is 11.2 Å². The van der Waals surface area contributed by atoms with Gasteiger partial charge in [-0.3, -0.25) is 14.6 Å². The number of aromatic amines is 2.